The molecule has 0 spiro atoms. The van der Waals surface area contributed by atoms with E-state index in [0.717, 1.165) is 0 Å². The first-order valence-corrected chi connectivity index (χ1v) is 10.1. The van der Waals surface area contributed by atoms with Crippen molar-refractivity contribution in [1.82, 2.24) is 9.21 Å². The van der Waals surface area contributed by atoms with Crippen molar-refractivity contribution in [3.05, 3.63) is 0 Å². The molecule has 0 aromatic rings. The number of esters is 1. The lowest BCUT2D eigenvalue weighted by atomic mass is 10.1. The molecule has 1 saturated heterocycles. The van der Waals surface area contributed by atoms with Gasteiger partial charge in [-0.1, -0.05) is 6.92 Å². The van der Waals surface area contributed by atoms with Crippen molar-refractivity contribution in [2.24, 2.45) is 0 Å². The number of hydrogen-bond donors (Lipinski definition) is 0. The predicted molar refractivity (Wildman–Crippen MR) is 92.2 cm³/mol. The molecule has 1 fully saturated rings. The standard InChI is InChI=1S/C16H30N2O5S/c1-5-13-24(21,22)18-11-9-17(10-12-18)8-6-7-14(19)15(20)23-16(2,3)4/h5-13H2,1-4H3. The maximum atomic E-state index is 12.0. The monoisotopic (exact) mass is 362 g/mol. The molecule has 0 amide bonds. The lowest BCUT2D eigenvalue weighted by Crippen LogP contribution is -2.49. The molecule has 0 aliphatic carbocycles. The van der Waals surface area contributed by atoms with Crippen LogP contribution in [0.3, 0.4) is 0 Å². The zero-order chi connectivity index (χ0) is 18.4. The summed E-state index contributed by atoms with van der Waals surface area (Å²) >= 11 is 0. The molecule has 0 unspecified atom stereocenters. The van der Waals surface area contributed by atoms with Gasteiger partial charge in [-0.25, -0.2) is 13.2 Å². The molecule has 0 N–H and O–H groups in total. The fraction of sp³-hybridized carbons (Fsp3) is 0.875. The molecular formula is C16H30N2O5S. The Hall–Kier alpha value is -0.990. The number of carbonyl (C=O) groups is 2. The second-order valence-electron chi connectivity index (χ2n) is 7.09. The van der Waals surface area contributed by atoms with Crippen molar-refractivity contribution in [3.63, 3.8) is 0 Å². The quantitative estimate of drug-likeness (QED) is 0.474. The Labute approximate surface area is 145 Å². The van der Waals surface area contributed by atoms with E-state index >= 15 is 0 Å². The molecule has 0 bridgehead atoms. The summed E-state index contributed by atoms with van der Waals surface area (Å²) in [5.41, 5.74) is -0.660. The van der Waals surface area contributed by atoms with Crippen LogP contribution < -0.4 is 0 Å². The first kappa shape index (κ1) is 21.1. The normalized spacial score (nSPS) is 17.7. The fourth-order valence-corrected chi connectivity index (χ4v) is 4.01. The van der Waals surface area contributed by atoms with Crippen LogP contribution in [0.5, 0.6) is 0 Å². The molecule has 0 atom stereocenters. The zero-order valence-electron chi connectivity index (χ0n) is 15.2. The number of ether oxygens (including phenoxy) is 1. The number of piperazine rings is 1. The molecule has 7 nitrogen and oxygen atoms in total. The average Bonchev–Trinajstić information content (AvgIpc) is 2.46. The maximum Gasteiger partial charge on any atom is 0.375 e. The Morgan fingerprint density at radius 1 is 1.08 bits per heavy atom. The summed E-state index contributed by atoms with van der Waals surface area (Å²) in [6.45, 7) is 10.0. The van der Waals surface area contributed by atoms with Crippen LogP contribution in [-0.2, 0) is 24.3 Å². The molecule has 0 aromatic carbocycles. The fourth-order valence-electron chi connectivity index (χ4n) is 2.52. The van der Waals surface area contributed by atoms with Crippen LogP contribution in [0, 0.1) is 0 Å². The first-order valence-electron chi connectivity index (χ1n) is 8.51. The van der Waals surface area contributed by atoms with Crippen LogP contribution in [0.4, 0.5) is 0 Å². The first-order chi connectivity index (χ1) is 11.0. The highest BCUT2D eigenvalue weighted by Gasteiger charge is 2.26. The van der Waals surface area contributed by atoms with E-state index in [2.05, 4.69) is 4.90 Å². The third-order valence-electron chi connectivity index (χ3n) is 3.69. The van der Waals surface area contributed by atoms with Gasteiger partial charge in [-0.3, -0.25) is 4.79 Å². The van der Waals surface area contributed by atoms with Crippen LogP contribution in [0.15, 0.2) is 0 Å². The Bertz CT molecular complexity index is 531. The van der Waals surface area contributed by atoms with Crippen LogP contribution in [0.2, 0.25) is 0 Å². The van der Waals surface area contributed by atoms with Crippen molar-refractivity contribution < 1.29 is 22.7 Å². The Morgan fingerprint density at radius 2 is 1.67 bits per heavy atom. The van der Waals surface area contributed by atoms with E-state index in [1.54, 1.807) is 25.1 Å². The van der Waals surface area contributed by atoms with Crippen LogP contribution in [0.25, 0.3) is 0 Å². The maximum absolute atomic E-state index is 12.0. The number of rotatable bonds is 8. The van der Waals surface area contributed by atoms with E-state index < -0.39 is 27.4 Å². The van der Waals surface area contributed by atoms with Gasteiger partial charge >= 0.3 is 5.97 Å². The number of Topliss-reactive ketones (excluding diaryl/α,β-unsaturated/α-hetero) is 1. The van der Waals surface area contributed by atoms with Gasteiger partial charge in [0.1, 0.15) is 5.60 Å². The van der Waals surface area contributed by atoms with Crippen LogP contribution in [-0.4, -0.2) is 73.5 Å². The molecule has 1 heterocycles. The molecule has 24 heavy (non-hydrogen) atoms. The summed E-state index contributed by atoms with van der Waals surface area (Å²) in [6, 6.07) is 0. The smallest absolute Gasteiger partial charge is 0.375 e. The van der Waals surface area contributed by atoms with E-state index in [0.29, 0.717) is 45.6 Å². The lowest BCUT2D eigenvalue weighted by Gasteiger charge is -2.33. The highest BCUT2D eigenvalue weighted by molar-refractivity contribution is 7.89. The number of ketones is 1. The molecule has 8 heteroatoms. The van der Waals surface area contributed by atoms with Crippen molar-refractivity contribution >= 4 is 21.8 Å². The highest BCUT2D eigenvalue weighted by Crippen LogP contribution is 2.11. The average molecular weight is 362 g/mol. The van der Waals surface area contributed by atoms with Crippen LogP contribution >= 0.6 is 0 Å². The Kier molecular flexibility index (Phi) is 7.82. The van der Waals surface area contributed by atoms with Crippen LogP contribution in [0.1, 0.15) is 47.0 Å². The molecule has 1 aliphatic rings. The summed E-state index contributed by atoms with van der Waals surface area (Å²) < 4.78 is 30.6. The Balaban J connectivity index is 2.29. The summed E-state index contributed by atoms with van der Waals surface area (Å²) in [4.78, 5) is 25.5. The SMILES string of the molecule is CCCS(=O)(=O)N1CCN(CCCC(=O)C(=O)OC(C)(C)C)CC1. The minimum Gasteiger partial charge on any atom is -0.454 e. The van der Waals surface area contributed by atoms with Gasteiger partial charge in [0.2, 0.25) is 15.8 Å². The van der Waals surface area contributed by atoms with Crippen molar-refractivity contribution in [1.29, 1.82) is 0 Å². The lowest BCUT2D eigenvalue weighted by molar-refractivity contribution is -0.162. The number of carbonyl (C=O) groups excluding carboxylic acids is 2. The van der Waals surface area contributed by atoms with Crippen molar-refractivity contribution in [2.75, 3.05) is 38.5 Å². The number of sulfonamides is 1. The predicted octanol–water partition coefficient (Wildman–Crippen LogP) is 1.03. The largest absolute Gasteiger partial charge is 0.454 e. The summed E-state index contributed by atoms with van der Waals surface area (Å²) in [7, 11) is -3.13. The van der Waals surface area contributed by atoms with Gasteiger partial charge in [0.15, 0.2) is 0 Å². The van der Waals surface area contributed by atoms with Gasteiger partial charge in [-0.15, -0.1) is 0 Å². The van der Waals surface area contributed by atoms with E-state index in [9.17, 15) is 18.0 Å². The van der Waals surface area contributed by atoms with Gasteiger partial charge in [-0.05, 0) is 40.2 Å². The van der Waals surface area contributed by atoms with Gasteiger partial charge in [0, 0.05) is 32.6 Å². The van der Waals surface area contributed by atoms with Gasteiger partial charge in [0.25, 0.3) is 0 Å². The zero-order valence-corrected chi connectivity index (χ0v) is 16.0. The molecule has 0 saturated carbocycles. The summed E-state index contributed by atoms with van der Waals surface area (Å²) in [5.74, 6) is -1.09. The molecule has 1 aliphatic heterocycles. The molecular weight excluding hydrogens is 332 g/mol. The van der Waals surface area contributed by atoms with E-state index in [4.69, 9.17) is 4.74 Å². The summed E-state index contributed by atoms with van der Waals surface area (Å²) in [5, 5.41) is 0. The minimum atomic E-state index is -3.13. The highest BCUT2D eigenvalue weighted by atomic mass is 32.2. The van der Waals surface area contributed by atoms with E-state index in [-0.39, 0.29) is 12.2 Å². The van der Waals surface area contributed by atoms with Crippen molar-refractivity contribution in [3.8, 4) is 0 Å². The number of nitrogens with zero attached hydrogens (tertiary/aromatic N) is 2. The third kappa shape index (κ3) is 7.27. The second-order valence-corrected chi connectivity index (χ2v) is 9.17. The van der Waals surface area contributed by atoms with Crippen molar-refractivity contribution in [2.45, 2.75) is 52.6 Å². The van der Waals surface area contributed by atoms with Gasteiger partial charge < -0.3 is 9.64 Å². The molecule has 1 rings (SSSR count). The van der Waals surface area contributed by atoms with E-state index in [1.807, 2.05) is 6.92 Å². The molecule has 140 valence electrons. The number of hydrogen-bond acceptors (Lipinski definition) is 6. The molecule has 0 radical (unpaired) electrons. The third-order valence-corrected chi connectivity index (χ3v) is 5.77. The summed E-state index contributed by atoms with van der Waals surface area (Å²) in [6.07, 6.45) is 1.35. The second kappa shape index (κ2) is 8.92. The van der Waals surface area contributed by atoms with Gasteiger partial charge in [0.05, 0.1) is 5.75 Å². The van der Waals surface area contributed by atoms with E-state index in [1.165, 1.54) is 0 Å². The minimum absolute atomic E-state index is 0.156. The van der Waals surface area contributed by atoms with Gasteiger partial charge in [-0.2, -0.15) is 4.31 Å². The Morgan fingerprint density at radius 3 is 2.17 bits per heavy atom. The molecule has 0 aromatic heterocycles. The topological polar surface area (TPSA) is 84.0 Å².